The van der Waals surface area contributed by atoms with Gasteiger partial charge in [0.2, 0.25) is 5.91 Å². The molecule has 2 N–H and O–H groups in total. The van der Waals surface area contributed by atoms with E-state index < -0.39 is 0 Å². The summed E-state index contributed by atoms with van der Waals surface area (Å²) in [5, 5.41) is 7.49. The molecule has 1 aromatic carbocycles. The van der Waals surface area contributed by atoms with Crippen LogP contribution >= 0.6 is 35.6 Å². The van der Waals surface area contributed by atoms with Gasteiger partial charge in [-0.2, -0.15) is 0 Å². The van der Waals surface area contributed by atoms with E-state index in [-0.39, 0.29) is 23.7 Å². The second kappa shape index (κ2) is 8.23. The molecule has 0 atom stereocenters. The normalized spacial score (nSPS) is 16.9. The van der Waals surface area contributed by atoms with Crippen molar-refractivity contribution in [1.82, 2.24) is 10.6 Å². The van der Waals surface area contributed by atoms with Crippen LogP contribution in [0.4, 0.5) is 0 Å². The molecular formula is C15H21Cl3N2O. The third-order valence-corrected chi connectivity index (χ3v) is 4.48. The number of hydrogen-bond acceptors (Lipinski definition) is 2. The molecule has 0 aliphatic carbocycles. The molecule has 1 aromatic rings. The van der Waals surface area contributed by atoms with Crippen LogP contribution in [-0.2, 0) is 11.2 Å². The summed E-state index contributed by atoms with van der Waals surface area (Å²) in [7, 11) is 0. The SMILES string of the molecule is CC1(CNC(=O)Cc2ccc(Cl)cc2Cl)CCNCC1.Cl. The van der Waals surface area contributed by atoms with Crippen molar-refractivity contribution in [2.75, 3.05) is 19.6 Å². The Morgan fingerprint density at radius 2 is 2.00 bits per heavy atom. The lowest BCUT2D eigenvalue weighted by Crippen LogP contribution is -2.43. The van der Waals surface area contributed by atoms with Crippen LogP contribution in [-0.4, -0.2) is 25.5 Å². The highest BCUT2D eigenvalue weighted by Gasteiger charge is 2.26. The minimum atomic E-state index is 0. The van der Waals surface area contributed by atoms with Crippen LogP contribution in [0, 0.1) is 5.41 Å². The smallest absolute Gasteiger partial charge is 0.224 e. The molecule has 118 valence electrons. The predicted octanol–water partition coefficient (Wildman–Crippen LogP) is 3.46. The van der Waals surface area contributed by atoms with Gasteiger partial charge in [-0.25, -0.2) is 0 Å². The van der Waals surface area contributed by atoms with Crippen LogP contribution in [0.25, 0.3) is 0 Å². The summed E-state index contributed by atoms with van der Waals surface area (Å²) in [5.74, 6) is 0.00831. The quantitative estimate of drug-likeness (QED) is 0.872. The van der Waals surface area contributed by atoms with Gasteiger partial charge in [0.05, 0.1) is 6.42 Å². The van der Waals surface area contributed by atoms with Crippen molar-refractivity contribution < 1.29 is 4.79 Å². The second-order valence-corrected chi connectivity index (χ2v) is 6.59. The average molecular weight is 352 g/mol. The van der Waals surface area contributed by atoms with Gasteiger partial charge in [-0.05, 0) is 49.0 Å². The molecule has 0 aromatic heterocycles. The first kappa shape index (κ1) is 18.6. The van der Waals surface area contributed by atoms with E-state index in [1.54, 1.807) is 18.2 Å². The van der Waals surface area contributed by atoms with Crippen molar-refractivity contribution in [3.63, 3.8) is 0 Å². The third kappa shape index (κ3) is 5.67. The summed E-state index contributed by atoms with van der Waals surface area (Å²) >= 11 is 11.9. The van der Waals surface area contributed by atoms with Gasteiger partial charge in [0, 0.05) is 16.6 Å². The number of halogens is 3. The molecule has 0 bridgehead atoms. The number of hydrogen-bond donors (Lipinski definition) is 2. The van der Waals surface area contributed by atoms with Crippen molar-refractivity contribution in [3.05, 3.63) is 33.8 Å². The van der Waals surface area contributed by atoms with E-state index >= 15 is 0 Å². The first-order valence-electron chi connectivity index (χ1n) is 6.90. The Labute approximate surface area is 142 Å². The fraction of sp³-hybridized carbons (Fsp3) is 0.533. The Morgan fingerprint density at radius 3 is 2.62 bits per heavy atom. The number of carbonyl (C=O) groups excluding carboxylic acids is 1. The third-order valence-electron chi connectivity index (χ3n) is 3.89. The van der Waals surface area contributed by atoms with Crippen LogP contribution in [0.15, 0.2) is 18.2 Å². The summed E-state index contributed by atoms with van der Waals surface area (Å²) in [5.41, 5.74) is 1.01. The largest absolute Gasteiger partial charge is 0.355 e. The van der Waals surface area contributed by atoms with E-state index in [2.05, 4.69) is 17.6 Å². The first-order chi connectivity index (χ1) is 9.48. The van der Waals surface area contributed by atoms with E-state index in [4.69, 9.17) is 23.2 Å². The fourth-order valence-corrected chi connectivity index (χ4v) is 2.89. The standard InChI is InChI=1S/C15H20Cl2N2O.ClH/c1-15(4-6-18-7-5-15)10-19-14(20)8-11-2-3-12(16)9-13(11)17;/h2-3,9,18H,4-8,10H2,1H3,(H,19,20);1H. The summed E-state index contributed by atoms with van der Waals surface area (Å²) in [6, 6.07) is 5.22. The van der Waals surface area contributed by atoms with E-state index in [1.165, 1.54) is 0 Å². The van der Waals surface area contributed by atoms with E-state index in [9.17, 15) is 4.79 Å². The zero-order valence-electron chi connectivity index (χ0n) is 12.0. The lowest BCUT2D eigenvalue weighted by atomic mass is 9.81. The molecule has 0 saturated carbocycles. The summed E-state index contributed by atoms with van der Waals surface area (Å²) in [6.45, 7) is 4.99. The van der Waals surface area contributed by atoms with Crippen molar-refractivity contribution in [3.8, 4) is 0 Å². The molecule has 1 aliphatic rings. The number of benzene rings is 1. The molecule has 0 radical (unpaired) electrons. The predicted molar refractivity (Wildman–Crippen MR) is 90.6 cm³/mol. The molecule has 1 heterocycles. The van der Waals surface area contributed by atoms with Gasteiger partial charge < -0.3 is 10.6 Å². The number of piperidine rings is 1. The highest BCUT2D eigenvalue weighted by Crippen LogP contribution is 2.27. The molecule has 1 fully saturated rings. The van der Waals surface area contributed by atoms with Crippen molar-refractivity contribution in [2.24, 2.45) is 5.41 Å². The Kier molecular flexibility index (Phi) is 7.28. The lowest BCUT2D eigenvalue weighted by molar-refractivity contribution is -0.121. The average Bonchev–Trinajstić information content (AvgIpc) is 2.41. The zero-order valence-corrected chi connectivity index (χ0v) is 14.4. The number of nitrogens with one attached hydrogen (secondary N) is 2. The van der Waals surface area contributed by atoms with E-state index in [1.807, 2.05) is 0 Å². The molecule has 1 amide bonds. The molecule has 3 nitrogen and oxygen atoms in total. The monoisotopic (exact) mass is 350 g/mol. The summed E-state index contributed by atoms with van der Waals surface area (Å²) in [4.78, 5) is 12.0. The topological polar surface area (TPSA) is 41.1 Å². The molecular weight excluding hydrogens is 331 g/mol. The minimum absolute atomic E-state index is 0. The molecule has 21 heavy (non-hydrogen) atoms. The zero-order chi connectivity index (χ0) is 14.6. The summed E-state index contributed by atoms with van der Waals surface area (Å²) < 4.78 is 0. The van der Waals surface area contributed by atoms with Gasteiger partial charge in [-0.15, -0.1) is 12.4 Å². The van der Waals surface area contributed by atoms with Crippen molar-refractivity contribution >= 4 is 41.5 Å². The van der Waals surface area contributed by atoms with Crippen LogP contribution < -0.4 is 10.6 Å². The van der Waals surface area contributed by atoms with E-state index in [0.717, 1.165) is 38.0 Å². The second-order valence-electron chi connectivity index (χ2n) is 5.75. The number of carbonyl (C=O) groups is 1. The summed E-state index contributed by atoms with van der Waals surface area (Å²) in [6.07, 6.45) is 2.48. The highest BCUT2D eigenvalue weighted by molar-refractivity contribution is 6.35. The maximum atomic E-state index is 12.0. The molecule has 0 unspecified atom stereocenters. The lowest BCUT2D eigenvalue weighted by Gasteiger charge is -2.34. The Morgan fingerprint density at radius 1 is 1.33 bits per heavy atom. The van der Waals surface area contributed by atoms with Gasteiger partial charge >= 0.3 is 0 Å². The highest BCUT2D eigenvalue weighted by atomic mass is 35.5. The molecule has 0 spiro atoms. The molecule has 1 saturated heterocycles. The molecule has 1 aliphatic heterocycles. The van der Waals surface area contributed by atoms with E-state index in [0.29, 0.717) is 16.5 Å². The van der Waals surface area contributed by atoms with Gasteiger partial charge in [-0.3, -0.25) is 4.79 Å². The maximum absolute atomic E-state index is 12.0. The number of amides is 1. The van der Waals surface area contributed by atoms with Crippen molar-refractivity contribution in [2.45, 2.75) is 26.2 Å². The Bertz CT molecular complexity index is 488. The number of rotatable bonds is 4. The maximum Gasteiger partial charge on any atom is 0.224 e. The molecule has 2 rings (SSSR count). The Hall–Kier alpha value is -0.480. The van der Waals surface area contributed by atoms with Crippen molar-refractivity contribution in [1.29, 1.82) is 0 Å². The molecule has 6 heteroatoms. The van der Waals surface area contributed by atoms with Gasteiger partial charge in [0.15, 0.2) is 0 Å². The van der Waals surface area contributed by atoms with Crippen LogP contribution in [0.5, 0.6) is 0 Å². The fourth-order valence-electron chi connectivity index (χ4n) is 2.42. The Balaban J connectivity index is 0.00000220. The van der Waals surface area contributed by atoms with Gasteiger partial charge in [0.25, 0.3) is 0 Å². The minimum Gasteiger partial charge on any atom is -0.355 e. The first-order valence-corrected chi connectivity index (χ1v) is 7.65. The van der Waals surface area contributed by atoms with Gasteiger partial charge in [0.1, 0.15) is 0 Å². The van der Waals surface area contributed by atoms with Gasteiger partial charge in [-0.1, -0.05) is 36.2 Å². The van der Waals surface area contributed by atoms with Crippen LogP contribution in [0.1, 0.15) is 25.3 Å². The van der Waals surface area contributed by atoms with Crippen LogP contribution in [0.3, 0.4) is 0 Å². The van der Waals surface area contributed by atoms with Crippen LogP contribution in [0.2, 0.25) is 10.0 Å².